The third kappa shape index (κ3) is 4.34. The first-order valence-corrected chi connectivity index (χ1v) is 6.28. The summed E-state index contributed by atoms with van der Waals surface area (Å²) >= 11 is 0. The van der Waals surface area contributed by atoms with Crippen LogP contribution in [-0.4, -0.2) is 36.6 Å². The van der Waals surface area contributed by atoms with Gasteiger partial charge < -0.3 is 5.11 Å². The summed E-state index contributed by atoms with van der Waals surface area (Å²) < 4.78 is 21.7. The quantitative estimate of drug-likeness (QED) is 0.769. The molecule has 0 spiro atoms. The number of sulfone groups is 1. The minimum absolute atomic E-state index is 0.199. The first-order chi connectivity index (χ1) is 6.47. The summed E-state index contributed by atoms with van der Waals surface area (Å²) in [6.07, 6.45) is 3.84. The van der Waals surface area contributed by atoms with Gasteiger partial charge in [-0.15, -0.1) is 0 Å². The molecule has 1 atom stereocenters. The van der Waals surface area contributed by atoms with E-state index in [9.17, 15) is 13.5 Å². The summed E-state index contributed by atoms with van der Waals surface area (Å²) in [5, 5.41) is 9.44. The van der Waals surface area contributed by atoms with Gasteiger partial charge >= 0.3 is 0 Å². The first kappa shape index (κ1) is 11.1. The van der Waals surface area contributed by atoms with Crippen LogP contribution in [0.4, 0.5) is 0 Å². The van der Waals surface area contributed by atoms with Gasteiger partial charge in [0.15, 0.2) is 0 Å². The Balaban J connectivity index is 2.54. The van der Waals surface area contributed by atoms with Gasteiger partial charge in [0.25, 0.3) is 0 Å². The van der Waals surface area contributed by atoms with E-state index in [2.05, 4.69) is 4.98 Å². The van der Waals surface area contributed by atoms with Crippen molar-refractivity contribution < 1.29 is 13.5 Å². The number of pyridine rings is 1. The Morgan fingerprint density at radius 1 is 1.43 bits per heavy atom. The molecule has 0 saturated carbocycles. The Hall–Kier alpha value is -0.940. The highest BCUT2D eigenvalue weighted by Crippen LogP contribution is 2.03. The van der Waals surface area contributed by atoms with Crippen LogP contribution in [0, 0.1) is 0 Å². The molecule has 4 nitrogen and oxygen atoms in total. The predicted molar refractivity (Wildman–Crippen MR) is 53.7 cm³/mol. The summed E-state index contributed by atoms with van der Waals surface area (Å²) in [7, 11) is -3.11. The van der Waals surface area contributed by atoms with E-state index in [4.69, 9.17) is 0 Å². The number of hydrogen-bond acceptors (Lipinski definition) is 4. The van der Waals surface area contributed by atoms with Crippen LogP contribution in [0.5, 0.6) is 0 Å². The molecule has 1 unspecified atom stereocenters. The van der Waals surface area contributed by atoms with Crippen LogP contribution < -0.4 is 0 Å². The molecule has 14 heavy (non-hydrogen) atoms. The fraction of sp³-hybridized carbons (Fsp3) is 0.444. The van der Waals surface area contributed by atoms with E-state index in [0.29, 0.717) is 6.42 Å². The lowest BCUT2D eigenvalue weighted by molar-refractivity contribution is 0.198. The number of rotatable bonds is 4. The van der Waals surface area contributed by atoms with Crippen LogP contribution in [0.15, 0.2) is 24.5 Å². The molecule has 1 rings (SSSR count). The maximum Gasteiger partial charge on any atom is 0.150 e. The molecule has 1 aromatic rings. The van der Waals surface area contributed by atoms with Gasteiger partial charge in [-0.2, -0.15) is 0 Å². The van der Waals surface area contributed by atoms with Crippen molar-refractivity contribution in [3.05, 3.63) is 30.1 Å². The Bertz CT molecular complexity index is 374. The maximum absolute atomic E-state index is 10.9. The molecule has 0 bridgehead atoms. The molecule has 1 N–H and O–H groups in total. The van der Waals surface area contributed by atoms with Gasteiger partial charge in [0, 0.05) is 18.6 Å². The fourth-order valence-corrected chi connectivity index (χ4v) is 2.02. The second-order valence-corrected chi connectivity index (χ2v) is 5.49. The Labute approximate surface area is 83.5 Å². The number of aliphatic hydroxyl groups is 1. The predicted octanol–water partition coefficient (Wildman–Crippen LogP) is 0.0296. The van der Waals surface area contributed by atoms with E-state index in [1.165, 1.54) is 0 Å². The Morgan fingerprint density at radius 3 is 2.50 bits per heavy atom. The highest BCUT2D eigenvalue weighted by Gasteiger charge is 2.12. The summed E-state index contributed by atoms with van der Waals surface area (Å²) in [5.41, 5.74) is 0.885. The van der Waals surface area contributed by atoms with Crippen molar-refractivity contribution in [2.24, 2.45) is 0 Å². The molecule has 0 fully saturated rings. The van der Waals surface area contributed by atoms with Gasteiger partial charge in [-0.3, -0.25) is 4.98 Å². The molecule has 78 valence electrons. The van der Waals surface area contributed by atoms with Crippen molar-refractivity contribution in [2.75, 3.05) is 12.0 Å². The van der Waals surface area contributed by atoms with Crippen LogP contribution in [0.3, 0.4) is 0 Å². The van der Waals surface area contributed by atoms with Gasteiger partial charge in [0.2, 0.25) is 0 Å². The zero-order chi connectivity index (χ0) is 10.6. The molecule has 0 radical (unpaired) electrons. The summed E-state index contributed by atoms with van der Waals surface area (Å²) in [4.78, 5) is 3.83. The molecule has 0 aliphatic heterocycles. The van der Waals surface area contributed by atoms with Crippen molar-refractivity contribution in [2.45, 2.75) is 12.5 Å². The first-order valence-electron chi connectivity index (χ1n) is 4.22. The topological polar surface area (TPSA) is 67.3 Å². The second kappa shape index (κ2) is 4.52. The highest BCUT2D eigenvalue weighted by atomic mass is 32.2. The second-order valence-electron chi connectivity index (χ2n) is 3.31. The molecule has 0 aliphatic carbocycles. The maximum atomic E-state index is 10.9. The van der Waals surface area contributed by atoms with Crippen molar-refractivity contribution in [3.63, 3.8) is 0 Å². The Morgan fingerprint density at radius 2 is 2.00 bits per heavy atom. The van der Waals surface area contributed by atoms with Crippen molar-refractivity contribution >= 4 is 9.84 Å². The van der Waals surface area contributed by atoms with Gasteiger partial charge in [-0.25, -0.2) is 8.42 Å². The molecule has 0 amide bonds. The molecule has 1 heterocycles. The zero-order valence-electron chi connectivity index (χ0n) is 7.92. The SMILES string of the molecule is CS(=O)(=O)CC(O)Cc1ccncc1. The molecule has 0 aliphatic rings. The van der Waals surface area contributed by atoms with E-state index in [1.54, 1.807) is 24.5 Å². The molecule has 0 aromatic carbocycles. The number of aromatic nitrogens is 1. The van der Waals surface area contributed by atoms with Crippen molar-refractivity contribution in [3.8, 4) is 0 Å². The van der Waals surface area contributed by atoms with Crippen LogP contribution in [-0.2, 0) is 16.3 Å². The summed E-state index contributed by atoms with van der Waals surface area (Å²) in [5.74, 6) is -0.199. The van der Waals surface area contributed by atoms with Crippen LogP contribution in [0.25, 0.3) is 0 Å². The lowest BCUT2D eigenvalue weighted by atomic mass is 10.1. The normalized spacial score (nSPS) is 13.9. The minimum Gasteiger partial charge on any atom is -0.392 e. The molecular weight excluding hydrogens is 202 g/mol. The van der Waals surface area contributed by atoms with E-state index in [1.807, 2.05) is 0 Å². The van der Waals surface area contributed by atoms with Gasteiger partial charge in [0.05, 0.1) is 11.9 Å². The Kier molecular flexibility index (Phi) is 3.60. The zero-order valence-corrected chi connectivity index (χ0v) is 8.74. The number of nitrogens with zero attached hydrogens (tertiary/aromatic N) is 1. The number of aliphatic hydroxyl groups excluding tert-OH is 1. The fourth-order valence-electron chi connectivity index (χ4n) is 1.20. The number of hydrogen-bond donors (Lipinski definition) is 1. The smallest absolute Gasteiger partial charge is 0.150 e. The van der Waals surface area contributed by atoms with E-state index in [-0.39, 0.29) is 5.75 Å². The average molecular weight is 215 g/mol. The third-order valence-electron chi connectivity index (χ3n) is 1.72. The van der Waals surface area contributed by atoms with Crippen molar-refractivity contribution in [1.29, 1.82) is 0 Å². The van der Waals surface area contributed by atoms with Crippen LogP contribution in [0.1, 0.15) is 5.56 Å². The summed E-state index contributed by atoms with van der Waals surface area (Å²) in [6, 6.07) is 3.51. The average Bonchev–Trinajstić information content (AvgIpc) is 2.02. The van der Waals surface area contributed by atoms with Crippen LogP contribution >= 0.6 is 0 Å². The van der Waals surface area contributed by atoms with Gasteiger partial charge in [0.1, 0.15) is 9.84 Å². The van der Waals surface area contributed by atoms with E-state index >= 15 is 0 Å². The lowest BCUT2D eigenvalue weighted by Gasteiger charge is -2.08. The standard InChI is InChI=1S/C9H13NO3S/c1-14(12,13)7-9(11)6-8-2-4-10-5-3-8/h2-5,9,11H,6-7H2,1H3. The largest absolute Gasteiger partial charge is 0.392 e. The monoisotopic (exact) mass is 215 g/mol. The van der Waals surface area contributed by atoms with Gasteiger partial charge in [-0.05, 0) is 24.1 Å². The molecule has 5 heteroatoms. The van der Waals surface area contributed by atoms with Crippen LogP contribution in [0.2, 0.25) is 0 Å². The summed E-state index contributed by atoms with van der Waals surface area (Å²) in [6.45, 7) is 0. The lowest BCUT2D eigenvalue weighted by Crippen LogP contribution is -2.21. The molecule has 1 aromatic heterocycles. The van der Waals surface area contributed by atoms with Gasteiger partial charge in [-0.1, -0.05) is 0 Å². The highest BCUT2D eigenvalue weighted by molar-refractivity contribution is 7.90. The van der Waals surface area contributed by atoms with Crippen molar-refractivity contribution in [1.82, 2.24) is 4.98 Å². The minimum atomic E-state index is -3.11. The third-order valence-corrected chi connectivity index (χ3v) is 2.71. The molecule has 0 saturated heterocycles. The van der Waals surface area contributed by atoms with E-state index in [0.717, 1.165) is 11.8 Å². The molecular formula is C9H13NO3S. The van der Waals surface area contributed by atoms with E-state index < -0.39 is 15.9 Å².